The molecule has 1 heterocycles. The van der Waals surface area contributed by atoms with Gasteiger partial charge < -0.3 is 10.3 Å². The second-order valence-electron chi connectivity index (χ2n) is 5.33. The molecule has 1 aromatic carbocycles. The summed E-state index contributed by atoms with van der Waals surface area (Å²) in [7, 11) is 0. The lowest BCUT2D eigenvalue weighted by atomic mass is 9.95. The molecule has 3 nitrogen and oxygen atoms in total. The third-order valence-corrected chi connectivity index (χ3v) is 3.98. The fourth-order valence-electron chi connectivity index (χ4n) is 3.02. The zero-order valence-electron chi connectivity index (χ0n) is 11.0. The van der Waals surface area contributed by atoms with Gasteiger partial charge in [-0.1, -0.05) is 19.3 Å². The molecular formula is C14H16F3N3. The van der Waals surface area contributed by atoms with E-state index in [1.807, 2.05) is 4.57 Å². The van der Waals surface area contributed by atoms with Crippen LogP contribution in [0.2, 0.25) is 0 Å². The first-order chi connectivity index (χ1) is 9.47. The molecule has 0 atom stereocenters. The van der Waals surface area contributed by atoms with E-state index in [9.17, 15) is 13.2 Å². The molecule has 6 heteroatoms. The van der Waals surface area contributed by atoms with Gasteiger partial charge >= 0.3 is 6.18 Å². The Bertz CT molecular complexity index is 624. The minimum absolute atomic E-state index is 0.255. The van der Waals surface area contributed by atoms with Crippen molar-refractivity contribution in [3.8, 4) is 0 Å². The molecule has 1 fully saturated rings. The second-order valence-corrected chi connectivity index (χ2v) is 5.33. The normalized spacial score (nSPS) is 17.8. The first-order valence-electron chi connectivity index (χ1n) is 6.81. The highest BCUT2D eigenvalue weighted by atomic mass is 19.4. The van der Waals surface area contributed by atoms with Crippen LogP contribution < -0.4 is 5.73 Å². The van der Waals surface area contributed by atoms with Crippen LogP contribution in [0.15, 0.2) is 18.2 Å². The molecule has 1 aliphatic rings. The molecule has 0 amide bonds. The van der Waals surface area contributed by atoms with Gasteiger partial charge in [0.25, 0.3) is 0 Å². The maximum atomic E-state index is 12.7. The van der Waals surface area contributed by atoms with Crippen LogP contribution in [-0.4, -0.2) is 9.55 Å². The van der Waals surface area contributed by atoms with Crippen LogP contribution in [0.3, 0.4) is 0 Å². The molecule has 0 bridgehead atoms. The summed E-state index contributed by atoms with van der Waals surface area (Å²) in [6, 6.07) is 3.91. The van der Waals surface area contributed by atoms with Crippen LogP contribution in [0, 0.1) is 0 Å². The number of alkyl halides is 3. The molecule has 0 aliphatic heterocycles. The van der Waals surface area contributed by atoms with Gasteiger partial charge in [0, 0.05) is 6.04 Å². The van der Waals surface area contributed by atoms with Gasteiger partial charge in [0.15, 0.2) is 0 Å². The van der Waals surface area contributed by atoms with E-state index in [4.69, 9.17) is 5.73 Å². The van der Waals surface area contributed by atoms with Crippen molar-refractivity contribution < 1.29 is 13.2 Å². The fraction of sp³-hybridized carbons (Fsp3) is 0.500. The van der Waals surface area contributed by atoms with Gasteiger partial charge in [0.2, 0.25) is 5.95 Å². The summed E-state index contributed by atoms with van der Waals surface area (Å²) in [5.41, 5.74) is 6.25. The molecule has 108 valence electrons. The van der Waals surface area contributed by atoms with E-state index in [2.05, 4.69) is 4.98 Å². The minimum Gasteiger partial charge on any atom is -0.369 e. The number of anilines is 1. The Labute approximate surface area is 114 Å². The van der Waals surface area contributed by atoms with E-state index in [-0.39, 0.29) is 6.04 Å². The van der Waals surface area contributed by atoms with E-state index in [1.54, 1.807) is 0 Å². The van der Waals surface area contributed by atoms with Crippen molar-refractivity contribution in [1.82, 2.24) is 9.55 Å². The fourth-order valence-corrected chi connectivity index (χ4v) is 3.02. The number of imidazole rings is 1. The predicted octanol–water partition coefficient (Wildman–Crippen LogP) is 4.14. The van der Waals surface area contributed by atoms with Gasteiger partial charge in [-0.2, -0.15) is 13.2 Å². The smallest absolute Gasteiger partial charge is 0.369 e. The van der Waals surface area contributed by atoms with Crippen LogP contribution in [-0.2, 0) is 6.18 Å². The molecule has 0 spiro atoms. The third kappa shape index (κ3) is 2.23. The van der Waals surface area contributed by atoms with Gasteiger partial charge in [-0.05, 0) is 31.0 Å². The van der Waals surface area contributed by atoms with Crippen molar-refractivity contribution in [2.24, 2.45) is 0 Å². The summed E-state index contributed by atoms with van der Waals surface area (Å²) >= 11 is 0. The summed E-state index contributed by atoms with van der Waals surface area (Å²) in [4.78, 5) is 4.10. The highest BCUT2D eigenvalue weighted by Crippen LogP contribution is 2.36. The van der Waals surface area contributed by atoms with Gasteiger partial charge in [0.1, 0.15) is 0 Å². The highest BCUT2D eigenvalue weighted by Gasteiger charge is 2.31. The maximum Gasteiger partial charge on any atom is 0.416 e. The molecule has 1 aliphatic carbocycles. The van der Waals surface area contributed by atoms with Gasteiger partial charge in [-0.25, -0.2) is 4.98 Å². The Kier molecular flexibility index (Phi) is 3.11. The molecule has 2 aromatic rings. The van der Waals surface area contributed by atoms with E-state index < -0.39 is 11.7 Å². The number of rotatable bonds is 1. The Morgan fingerprint density at radius 3 is 2.50 bits per heavy atom. The number of nitrogens with zero attached hydrogens (tertiary/aromatic N) is 2. The molecule has 0 saturated heterocycles. The van der Waals surface area contributed by atoms with Crippen molar-refractivity contribution in [3.63, 3.8) is 0 Å². The lowest BCUT2D eigenvalue weighted by Gasteiger charge is -2.24. The number of hydrogen-bond acceptors (Lipinski definition) is 2. The maximum absolute atomic E-state index is 12.7. The highest BCUT2D eigenvalue weighted by molar-refractivity contribution is 5.79. The molecule has 3 rings (SSSR count). The van der Waals surface area contributed by atoms with Crippen molar-refractivity contribution in [3.05, 3.63) is 23.8 Å². The first-order valence-corrected chi connectivity index (χ1v) is 6.81. The second kappa shape index (κ2) is 4.68. The van der Waals surface area contributed by atoms with E-state index in [0.29, 0.717) is 17.0 Å². The summed E-state index contributed by atoms with van der Waals surface area (Å²) in [5, 5.41) is 0. The van der Waals surface area contributed by atoms with Crippen LogP contribution in [0.1, 0.15) is 43.7 Å². The average molecular weight is 283 g/mol. The number of fused-ring (bicyclic) bond motifs is 1. The van der Waals surface area contributed by atoms with E-state index >= 15 is 0 Å². The SMILES string of the molecule is Nc1nc2cc(C(F)(F)F)ccc2n1C1CCCCC1. The van der Waals surface area contributed by atoms with Crippen LogP contribution in [0.4, 0.5) is 19.1 Å². The zero-order chi connectivity index (χ0) is 14.3. The van der Waals surface area contributed by atoms with Crippen molar-refractivity contribution in [2.75, 3.05) is 5.73 Å². The summed E-state index contributed by atoms with van der Waals surface area (Å²) in [5.74, 6) is 0.311. The first kappa shape index (κ1) is 13.3. The lowest BCUT2D eigenvalue weighted by molar-refractivity contribution is -0.137. The summed E-state index contributed by atoms with van der Waals surface area (Å²) in [6.45, 7) is 0. The number of aromatic nitrogens is 2. The Morgan fingerprint density at radius 2 is 1.85 bits per heavy atom. The Morgan fingerprint density at radius 1 is 1.15 bits per heavy atom. The Balaban J connectivity index is 2.07. The van der Waals surface area contributed by atoms with Gasteiger partial charge in [0.05, 0.1) is 16.6 Å². The summed E-state index contributed by atoms with van der Waals surface area (Å²) < 4.78 is 40.0. The number of benzene rings is 1. The number of hydrogen-bond donors (Lipinski definition) is 1. The molecule has 0 radical (unpaired) electrons. The molecule has 20 heavy (non-hydrogen) atoms. The van der Waals surface area contributed by atoms with Crippen LogP contribution >= 0.6 is 0 Å². The van der Waals surface area contributed by atoms with Crippen molar-refractivity contribution >= 4 is 17.0 Å². The molecule has 1 aromatic heterocycles. The van der Waals surface area contributed by atoms with Gasteiger partial charge in [-0.3, -0.25) is 0 Å². The molecule has 1 saturated carbocycles. The van der Waals surface area contributed by atoms with Crippen LogP contribution in [0.25, 0.3) is 11.0 Å². The van der Waals surface area contributed by atoms with Gasteiger partial charge in [-0.15, -0.1) is 0 Å². The quantitative estimate of drug-likeness (QED) is 0.854. The lowest BCUT2D eigenvalue weighted by Crippen LogP contribution is -2.15. The zero-order valence-corrected chi connectivity index (χ0v) is 11.0. The topological polar surface area (TPSA) is 43.8 Å². The predicted molar refractivity (Wildman–Crippen MR) is 71.3 cm³/mol. The largest absolute Gasteiger partial charge is 0.416 e. The van der Waals surface area contributed by atoms with Crippen molar-refractivity contribution in [2.45, 2.75) is 44.3 Å². The van der Waals surface area contributed by atoms with Crippen molar-refractivity contribution in [1.29, 1.82) is 0 Å². The average Bonchev–Trinajstić information content (AvgIpc) is 2.73. The molecule has 2 N–H and O–H groups in total. The Hall–Kier alpha value is -1.72. The van der Waals surface area contributed by atoms with E-state index in [1.165, 1.54) is 12.5 Å². The molecule has 0 unspecified atom stereocenters. The third-order valence-electron chi connectivity index (χ3n) is 3.98. The molecular weight excluding hydrogens is 267 g/mol. The number of halogens is 3. The van der Waals surface area contributed by atoms with Crippen LogP contribution in [0.5, 0.6) is 0 Å². The number of nitrogen functional groups attached to an aromatic ring is 1. The monoisotopic (exact) mass is 283 g/mol. The van der Waals surface area contributed by atoms with E-state index in [0.717, 1.165) is 37.8 Å². The summed E-state index contributed by atoms with van der Waals surface area (Å²) in [6.07, 6.45) is 1.14. The minimum atomic E-state index is -4.35. The number of nitrogens with two attached hydrogens (primary N) is 1. The standard InChI is InChI=1S/C14H16F3N3/c15-14(16,17)9-6-7-12-11(8-9)19-13(18)20(12)10-4-2-1-3-5-10/h6-8,10H,1-5H2,(H2,18,19).